The average Bonchev–Trinajstić information content (AvgIpc) is 3.01. The first kappa shape index (κ1) is 19.1. The molecule has 1 N–H and O–H groups in total. The van der Waals surface area contributed by atoms with Crippen LogP contribution in [0, 0.1) is 12.7 Å². The molecule has 0 saturated carbocycles. The van der Waals surface area contributed by atoms with Crippen LogP contribution in [-0.2, 0) is 12.7 Å². The fourth-order valence-corrected chi connectivity index (χ4v) is 2.91. The summed E-state index contributed by atoms with van der Waals surface area (Å²) in [4.78, 5) is 0. The highest BCUT2D eigenvalue weighted by Crippen LogP contribution is 2.29. The summed E-state index contributed by atoms with van der Waals surface area (Å²) in [5.74, 6) is -0.336. The zero-order chi connectivity index (χ0) is 19.6. The standard InChI is InChI=1S/C20H19F4N3/c1-13(25-11-15-6-8-16(9-7-15)20(22,23)24)19-12-26-27(14(19)2)18-5-3-4-17(21)10-18/h3-10,12-13,25H,11H2,1-2H3/t13-/m1/s1. The number of alkyl halides is 3. The zero-order valence-corrected chi connectivity index (χ0v) is 14.9. The van der Waals surface area contributed by atoms with Crippen LogP contribution in [0.5, 0.6) is 0 Å². The Labute approximate surface area is 154 Å². The number of nitrogens with zero attached hydrogens (tertiary/aromatic N) is 2. The Morgan fingerprint density at radius 2 is 1.81 bits per heavy atom. The molecule has 1 heterocycles. The average molecular weight is 377 g/mol. The van der Waals surface area contributed by atoms with Crippen LogP contribution in [0.2, 0.25) is 0 Å². The second-order valence-electron chi connectivity index (χ2n) is 6.37. The van der Waals surface area contributed by atoms with Crippen molar-refractivity contribution in [2.45, 2.75) is 32.6 Å². The van der Waals surface area contributed by atoms with E-state index < -0.39 is 11.7 Å². The van der Waals surface area contributed by atoms with Crippen molar-refractivity contribution in [1.29, 1.82) is 0 Å². The zero-order valence-electron chi connectivity index (χ0n) is 14.9. The maximum absolute atomic E-state index is 13.4. The van der Waals surface area contributed by atoms with E-state index in [9.17, 15) is 17.6 Å². The number of hydrogen-bond donors (Lipinski definition) is 1. The third kappa shape index (κ3) is 4.36. The summed E-state index contributed by atoms with van der Waals surface area (Å²) >= 11 is 0. The van der Waals surface area contributed by atoms with E-state index in [2.05, 4.69) is 10.4 Å². The predicted octanol–water partition coefficient (Wildman–Crippen LogP) is 5.19. The quantitative estimate of drug-likeness (QED) is 0.620. The number of rotatable bonds is 5. The van der Waals surface area contributed by atoms with Gasteiger partial charge in [0.15, 0.2) is 0 Å². The summed E-state index contributed by atoms with van der Waals surface area (Å²) in [5.41, 5.74) is 2.53. The topological polar surface area (TPSA) is 29.9 Å². The van der Waals surface area contributed by atoms with Gasteiger partial charge in [0, 0.05) is 23.8 Å². The molecule has 0 bridgehead atoms. The van der Waals surface area contributed by atoms with E-state index >= 15 is 0 Å². The van der Waals surface area contributed by atoms with Crippen molar-refractivity contribution in [2.75, 3.05) is 0 Å². The minimum Gasteiger partial charge on any atom is -0.306 e. The Balaban J connectivity index is 1.69. The predicted molar refractivity (Wildman–Crippen MR) is 95.0 cm³/mol. The van der Waals surface area contributed by atoms with E-state index in [1.165, 1.54) is 24.3 Å². The summed E-state index contributed by atoms with van der Waals surface area (Å²) in [6.07, 6.45) is -2.62. The molecule has 1 atom stereocenters. The van der Waals surface area contributed by atoms with Gasteiger partial charge in [-0.15, -0.1) is 0 Å². The Hall–Kier alpha value is -2.67. The van der Waals surface area contributed by atoms with E-state index in [0.717, 1.165) is 29.0 Å². The Morgan fingerprint density at radius 3 is 2.44 bits per heavy atom. The Morgan fingerprint density at radius 1 is 1.11 bits per heavy atom. The SMILES string of the molecule is Cc1c([C@@H](C)NCc2ccc(C(F)(F)F)cc2)cnn1-c1cccc(F)c1. The molecular weight excluding hydrogens is 358 g/mol. The van der Waals surface area contributed by atoms with Gasteiger partial charge in [-0.2, -0.15) is 18.3 Å². The van der Waals surface area contributed by atoms with E-state index in [0.29, 0.717) is 12.2 Å². The van der Waals surface area contributed by atoms with Gasteiger partial charge in [0.1, 0.15) is 5.82 Å². The van der Waals surface area contributed by atoms with E-state index in [1.54, 1.807) is 23.0 Å². The molecule has 0 spiro atoms. The van der Waals surface area contributed by atoms with Crippen molar-refractivity contribution in [3.05, 3.63) is 82.9 Å². The molecule has 0 unspecified atom stereocenters. The van der Waals surface area contributed by atoms with Crippen molar-refractivity contribution in [2.24, 2.45) is 0 Å². The van der Waals surface area contributed by atoms with Gasteiger partial charge in [-0.25, -0.2) is 9.07 Å². The van der Waals surface area contributed by atoms with Gasteiger partial charge in [-0.1, -0.05) is 18.2 Å². The van der Waals surface area contributed by atoms with E-state index in [1.807, 2.05) is 13.8 Å². The van der Waals surface area contributed by atoms with Crippen LogP contribution in [0.3, 0.4) is 0 Å². The smallest absolute Gasteiger partial charge is 0.306 e. The normalized spacial score (nSPS) is 13.0. The van der Waals surface area contributed by atoms with Gasteiger partial charge >= 0.3 is 6.18 Å². The number of aromatic nitrogens is 2. The van der Waals surface area contributed by atoms with Crippen LogP contribution in [0.25, 0.3) is 5.69 Å². The minimum atomic E-state index is -4.33. The third-order valence-corrected chi connectivity index (χ3v) is 4.46. The molecule has 2 aromatic carbocycles. The molecule has 1 aromatic heterocycles. The van der Waals surface area contributed by atoms with Crippen LogP contribution < -0.4 is 5.32 Å². The Kier molecular flexibility index (Phi) is 5.32. The van der Waals surface area contributed by atoms with Crippen LogP contribution in [0.1, 0.15) is 35.3 Å². The van der Waals surface area contributed by atoms with Crippen molar-refractivity contribution >= 4 is 0 Å². The molecule has 0 aliphatic carbocycles. The molecule has 3 rings (SSSR count). The Bertz CT molecular complexity index is 914. The highest BCUT2D eigenvalue weighted by atomic mass is 19.4. The first-order valence-corrected chi connectivity index (χ1v) is 8.45. The lowest BCUT2D eigenvalue weighted by atomic mass is 10.1. The second-order valence-corrected chi connectivity index (χ2v) is 6.37. The van der Waals surface area contributed by atoms with Crippen LogP contribution >= 0.6 is 0 Å². The first-order valence-electron chi connectivity index (χ1n) is 8.45. The van der Waals surface area contributed by atoms with E-state index in [-0.39, 0.29) is 11.9 Å². The molecule has 0 radical (unpaired) electrons. The molecule has 3 aromatic rings. The molecule has 0 amide bonds. The fraction of sp³-hybridized carbons (Fsp3) is 0.250. The fourth-order valence-electron chi connectivity index (χ4n) is 2.91. The lowest BCUT2D eigenvalue weighted by Crippen LogP contribution is -2.19. The summed E-state index contributed by atoms with van der Waals surface area (Å²) in [6.45, 7) is 4.26. The van der Waals surface area contributed by atoms with Gasteiger partial charge < -0.3 is 5.32 Å². The maximum atomic E-state index is 13.4. The second kappa shape index (κ2) is 7.52. The molecule has 0 saturated heterocycles. The molecule has 0 aliphatic heterocycles. The largest absolute Gasteiger partial charge is 0.416 e. The van der Waals surface area contributed by atoms with Gasteiger partial charge in [0.25, 0.3) is 0 Å². The highest BCUT2D eigenvalue weighted by molar-refractivity contribution is 5.36. The highest BCUT2D eigenvalue weighted by Gasteiger charge is 2.29. The molecule has 7 heteroatoms. The molecule has 142 valence electrons. The summed E-state index contributed by atoms with van der Waals surface area (Å²) in [5, 5.41) is 7.61. The van der Waals surface area contributed by atoms with Gasteiger partial charge in [0.2, 0.25) is 0 Å². The van der Waals surface area contributed by atoms with Crippen molar-refractivity contribution in [3.8, 4) is 5.69 Å². The lowest BCUT2D eigenvalue weighted by molar-refractivity contribution is -0.137. The molecule has 0 aliphatic rings. The number of hydrogen-bond acceptors (Lipinski definition) is 2. The van der Waals surface area contributed by atoms with Crippen molar-refractivity contribution in [3.63, 3.8) is 0 Å². The van der Waals surface area contributed by atoms with E-state index in [4.69, 9.17) is 0 Å². The molecule has 3 nitrogen and oxygen atoms in total. The lowest BCUT2D eigenvalue weighted by Gasteiger charge is -2.15. The summed E-state index contributed by atoms with van der Waals surface area (Å²) in [6, 6.07) is 11.2. The van der Waals surface area contributed by atoms with Gasteiger partial charge in [-0.3, -0.25) is 0 Å². The van der Waals surface area contributed by atoms with Crippen LogP contribution in [0.4, 0.5) is 17.6 Å². The minimum absolute atomic E-state index is 0.0744. The van der Waals surface area contributed by atoms with Crippen LogP contribution in [-0.4, -0.2) is 9.78 Å². The molecular formula is C20H19F4N3. The number of halogens is 4. The monoisotopic (exact) mass is 377 g/mol. The van der Waals surface area contributed by atoms with Gasteiger partial charge in [-0.05, 0) is 49.7 Å². The number of benzene rings is 2. The molecule has 0 fully saturated rings. The molecule has 27 heavy (non-hydrogen) atoms. The van der Waals surface area contributed by atoms with Gasteiger partial charge in [0.05, 0.1) is 17.4 Å². The third-order valence-electron chi connectivity index (χ3n) is 4.46. The van der Waals surface area contributed by atoms with Crippen LogP contribution in [0.15, 0.2) is 54.7 Å². The summed E-state index contributed by atoms with van der Waals surface area (Å²) in [7, 11) is 0. The number of nitrogens with one attached hydrogen (secondary N) is 1. The maximum Gasteiger partial charge on any atom is 0.416 e. The van der Waals surface area contributed by atoms with Crippen molar-refractivity contribution in [1.82, 2.24) is 15.1 Å². The van der Waals surface area contributed by atoms with Crippen molar-refractivity contribution < 1.29 is 17.6 Å². The first-order chi connectivity index (χ1) is 12.8. The summed E-state index contributed by atoms with van der Waals surface area (Å²) < 4.78 is 53.0.